The summed E-state index contributed by atoms with van der Waals surface area (Å²) < 4.78 is 35.9. The Bertz CT molecular complexity index is 1780. The van der Waals surface area contributed by atoms with Gasteiger partial charge in [0.1, 0.15) is 11.6 Å². The van der Waals surface area contributed by atoms with Gasteiger partial charge < -0.3 is 24.3 Å². The third-order valence-electron chi connectivity index (χ3n) is 8.37. The number of nitrogens with zero attached hydrogens (tertiary/aromatic N) is 1. The predicted molar refractivity (Wildman–Crippen MR) is 169 cm³/mol. The number of carbonyl (C=O) groups excluding carboxylic acids is 2. The Morgan fingerprint density at radius 2 is 1.51 bits per heavy atom. The number of rotatable bonds is 7. The number of halogens is 1. The van der Waals surface area contributed by atoms with E-state index in [0.717, 1.165) is 5.56 Å². The number of benzene rings is 4. The third kappa shape index (κ3) is 5.46. The highest BCUT2D eigenvalue weighted by atomic mass is 19.1. The van der Waals surface area contributed by atoms with Crippen molar-refractivity contribution in [2.24, 2.45) is 0 Å². The summed E-state index contributed by atoms with van der Waals surface area (Å²) in [6.45, 7) is 0. The van der Waals surface area contributed by atoms with Crippen molar-refractivity contribution in [1.29, 1.82) is 0 Å². The lowest BCUT2D eigenvalue weighted by Crippen LogP contribution is -2.38. The highest BCUT2D eigenvalue weighted by Gasteiger charge is 2.42. The van der Waals surface area contributed by atoms with E-state index in [9.17, 15) is 14.0 Å². The number of hydrogen-bond donors (Lipinski definition) is 1. The molecule has 1 amide bonds. The van der Waals surface area contributed by atoms with Crippen LogP contribution in [-0.2, 0) is 4.79 Å². The molecule has 2 atom stereocenters. The molecule has 0 spiro atoms. The minimum Gasteiger partial charge on any atom is -0.497 e. The lowest BCUT2D eigenvalue weighted by molar-refractivity contribution is -0.116. The maximum Gasteiger partial charge on any atom is 0.259 e. The van der Waals surface area contributed by atoms with Gasteiger partial charge >= 0.3 is 0 Å². The molecule has 0 unspecified atom stereocenters. The van der Waals surface area contributed by atoms with Crippen molar-refractivity contribution in [3.63, 3.8) is 0 Å². The second-order valence-electron chi connectivity index (χ2n) is 10.9. The van der Waals surface area contributed by atoms with Crippen LogP contribution < -0.4 is 29.2 Å². The molecule has 0 saturated carbocycles. The van der Waals surface area contributed by atoms with Crippen LogP contribution in [0.3, 0.4) is 0 Å². The lowest BCUT2D eigenvalue weighted by atomic mass is 9.78. The molecule has 230 valence electrons. The van der Waals surface area contributed by atoms with Crippen molar-refractivity contribution >= 4 is 23.1 Å². The molecular weight excluding hydrogens is 575 g/mol. The van der Waals surface area contributed by atoms with Crippen LogP contribution in [0.2, 0.25) is 0 Å². The topological polar surface area (TPSA) is 86.3 Å². The number of hydrogen-bond acceptors (Lipinski definition) is 7. The number of Topliss-reactive ketones (excluding diaryl/α,β-unsaturated/α-hetero) is 1. The Kier molecular flexibility index (Phi) is 8.17. The molecule has 0 saturated heterocycles. The SMILES string of the molecule is COc1cccc([C@@H]2C3=C(C[C@H](c4ccc(F)cc4)CC3=O)Nc3ccccc3N2C(=O)c2cc(OC)c(OC)c(OC)c2)c1. The van der Waals surface area contributed by atoms with Crippen molar-refractivity contribution in [3.05, 3.63) is 119 Å². The summed E-state index contributed by atoms with van der Waals surface area (Å²) in [6.07, 6.45) is 0.697. The fourth-order valence-electron chi connectivity index (χ4n) is 6.25. The summed E-state index contributed by atoms with van der Waals surface area (Å²) in [5.41, 5.74) is 4.31. The summed E-state index contributed by atoms with van der Waals surface area (Å²) in [7, 11) is 6.06. The van der Waals surface area contributed by atoms with Gasteiger partial charge in [-0.05, 0) is 72.0 Å². The smallest absolute Gasteiger partial charge is 0.259 e. The first-order chi connectivity index (χ1) is 21.9. The van der Waals surface area contributed by atoms with Gasteiger partial charge in [-0.3, -0.25) is 14.5 Å². The van der Waals surface area contributed by atoms with Gasteiger partial charge in [0.25, 0.3) is 5.91 Å². The van der Waals surface area contributed by atoms with E-state index in [2.05, 4.69) is 5.32 Å². The molecule has 0 aromatic heterocycles. The predicted octanol–water partition coefficient (Wildman–Crippen LogP) is 7.07. The molecule has 4 aromatic carbocycles. The van der Waals surface area contributed by atoms with Crippen LogP contribution in [0, 0.1) is 5.82 Å². The molecule has 0 radical (unpaired) electrons. The minimum atomic E-state index is -0.806. The first-order valence-corrected chi connectivity index (χ1v) is 14.5. The average Bonchev–Trinajstić information content (AvgIpc) is 3.22. The zero-order valence-electron chi connectivity index (χ0n) is 25.4. The number of anilines is 2. The summed E-state index contributed by atoms with van der Waals surface area (Å²) in [5.74, 6) is 0.622. The van der Waals surface area contributed by atoms with Gasteiger partial charge in [0.2, 0.25) is 5.75 Å². The monoisotopic (exact) mass is 608 g/mol. The van der Waals surface area contributed by atoms with Crippen molar-refractivity contribution in [1.82, 2.24) is 0 Å². The zero-order chi connectivity index (χ0) is 31.7. The largest absolute Gasteiger partial charge is 0.497 e. The zero-order valence-corrected chi connectivity index (χ0v) is 25.4. The number of methoxy groups -OCH3 is 4. The third-order valence-corrected chi connectivity index (χ3v) is 8.37. The van der Waals surface area contributed by atoms with Crippen LogP contribution in [0.4, 0.5) is 15.8 Å². The Morgan fingerprint density at radius 1 is 0.800 bits per heavy atom. The van der Waals surface area contributed by atoms with E-state index in [0.29, 0.717) is 57.6 Å². The quantitative estimate of drug-likeness (QED) is 0.240. The number of allylic oxidation sites excluding steroid dienone is 1. The maximum absolute atomic E-state index is 14.8. The molecule has 8 nitrogen and oxygen atoms in total. The standard InChI is InChI=1S/C36H33FN2O6/c1-42-26-9-7-8-22(16-26)34-33-28(17-23(18-30(33)40)21-12-14-25(37)15-13-21)38-27-10-5-6-11-29(27)39(34)36(41)24-19-31(43-2)35(45-4)32(20-24)44-3/h5-16,19-20,23,34,38H,17-18H2,1-4H3/t23-,34+/m0/s1. The van der Waals surface area contributed by atoms with Crippen molar-refractivity contribution < 1.29 is 32.9 Å². The summed E-state index contributed by atoms with van der Waals surface area (Å²) in [5, 5.41) is 3.52. The van der Waals surface area contributed by atoms with E-state index >= 15 is 0 Å². The summed E-state index contributed by atoms with van der Waals surface area (Å²) in [6, 6.07) is 23.5. The maximum atomic E-state index is 14.8. The second kappa shape index (κ2) is 12.4. The number of carbonyl (C=O) groups is 2. The van der Waals surface area contributed by atoms with E-state index in [1.165, 1.54) is 33.5 Å². The van der Waals surface area contributed by atoms with Crippen LogP contribution in [0.25, 0.3) is 0 Å². The number of ketones is 1. The number of ether oxygens (including phenoxy) is 4. The normalized spacial score (nSPS) is 17.4. The Balaban J connectivity index is 1.57. The van der Waals surface area contributed by atoms with Crippen LogP contribution in [-0.4, -0.2) is 40.1 Å². The van der Waals surface area contributed by atoms with Gasteiger partial charge in [0.05, 0.1) is 45.9 Å². The van der Waals surface area contributed by atoms with Crippen molar-refractivity contribution in [3.8, 4) is 23.0 Å². The molecule has 0 bridgehead atoms. The molecule has 4 aromatic rings. The van der Waals surface area contributed by atoms with E-state index in [-0.39, 0.29) is 35.4 Å². The first kappa shape index (κ1) is 29.7. The van der Waals surface area contributed by atoms with Crippen molar-refractivity contribution in [2.75, 3.05) is 38.7 Å². The van der Waals surface area contributed by atoms with Gasteiger partial charge in [0.15, 0.2) is 17.3 Å². The fraction of sp³-hybridized carbons (Fsp3) is 0.222. The van der Waals surface area contributed by atoms with Gasteiger partial charge in [-0.2, -0.15) is 0 Å². The number of fused-ring (bicyclic) bond motifs is 1. The van der Waals surface area contributed by atoms with E-state index in [1.807, 2.05) is 48.5 Å². The van der Waals surface area contributed by atoms with Crippen LogP contribution in [0.1, 0.15) is 46.3 Å². The van der Waals surface area contributed by atoms with E-state index in [4.69, 9.17) is 18.9 Å². The molecule has 1 aliphatic heterocycles. The molecule has 1 aliphatic carbocycles. The Labute approximate surface area is 261 Å². The number of nitrogens with one attached hydrogen (secondary N) is 1. The Hall–Kier alpha value is -5.31. The molecule has 9 heteroatoms. The van der Waals surface area contributed by atoms with E-state index < -0.39 is 6.04 Å². The lowest BCUT2D eigenvalue weighted by Gasteiger charge is -2.35. The molecule has 1 heterocycles. The molecule has 6 rings (SSSR count). The summed E-state index contributed by atoms with van der Waals surface area (Å²) >= 11 is 0. The van der Waals surface area contributed by atoms with Crippen molar-refractivity contribution in [2.45, 2.75) is 24.8 Å². The number of amides is 1. The summed E-state index contributed by atoms with van der Waals surface area (Å²) in [4.78, 5) is 30.8. The highest BCUT2D eigenvalue weighted by Crippen LogP contribution is 2.49. The van der Waals surface area contributed by atoms with Gasteiger partial charge in [0, 0.05) is 23.3 Å². The molecule has 0 fully saturated rings. The number of para-hydroxylation sites is 2. The second-order valence-corrected chi connectivity index (χ2v) is 10.9. The molecular formula is C36H33FN2O6. The first-order valence-electron chi connectivity index (χ1n) is 14.5. The van der Waals surface area contributed by atoms with E-state index in [1.54, 1.807) is 36.3 Å². The average molecular weight is 609 g/mol. The fourth-order valence-corrected chi connectivity index (χ4v) is 6.25. The van der Waals surface area contributed by atoms with Gasteiger partial charge in [-0.1, -0.05) is 36.4 Å². The minimum absolute atomic E-state index is 0.110. The molecule has 1 N–H and O–H groups in total. The van der Waals surface area contributed by atoms with Crippen LogP contribution in [0.15, 0.2) is 96.2 Å². The van der Waals surface area contributed by atoms with Crippen LogP contribution >= 0.6 is 0 Å². The highest BCUT2D eigenvalue weighted by molar-refractivity contribution is 6.12. The Morgan fingerprint density at radius 3 is 2.18 bits per heavy atom. The van der Waals surface area contributed by atoms with Crippen LogP contribution in [0.5, 0.6) is 23.0 Å². The van der Waals surface area contributed by atoms with Gasteiger partial charge in [-0.15, -0.1) is 0 Å². The molecule has 45 heavy (non-hydrogen) atoms. The molecule has 2 aliphatic rings. The van der Waals surface area contributed by atoms with Gasteiger partial charge in [-0.25, -0.2) is 4.39 Å².